The largest absolute Gasteiger partial charge is 1.00 e. The third-order valence-electron chi connectivity index (χ3n) is 0.188. The van der Waals surface area contributed by atoms with E-state index in [4.69, 9.17) is 9.79 Å². The Morgan fingerprint density at radius 3 is 1.70 bits per heavy atom. The van der Waals surface area contributed by atoms with Crippen molar-refractivity contribution >= 4 is 7.82 Å². The van der Waals surface area contributed by atoms with Gasteiger partial charge in [-0.2, -0.15) is 0 Å². The van der Waals surface area contributed by atoms with Gasteiger partial charge < -0.3 is 0 Å². The zero-order valence-corrected chi connectivity index (χ0v) is 14.0. The Labute approximate surface area is 119 Å². The van der Waals surface area contributed by atoms with Crippen LogP contribution in [0.15, 0.2) is 0 Å². The summed E-state index contributed by atoms with van der Waals surface area (Å²) in [7, 11) is -5.14. The smallest absolute Gasteiger partial charge is 1.00 e. The van der Waals surface area contributed by atoms with Gasteiger partial charge in [-0.1, -0.05) is 0 Å². The Hall–Kier alpha value is 2.41. The van der Waals surface area contributed by atoms with Crippen LogP contribution in [0, 0.1) is 0 Å². The zero-order valence-electron chi connectivity index (χ0n) is 4.79. The molecule has 0 radical (unpaired) electrons. The van der Waals surface area contributed by atoms with Gasteiger partial charge in [0.25, 0.3) is 0 Å². The van der Waals surface area contributed by atoms with Crippen molar-refractivity contribution in [3.8, 4) is 0 Å². The first-order chi connectivity index (χ1) is 3.71. The molecule has 0 rings (SSSR count). The van der Waals surface area contributed by atoms with Crippen molar-refractivity contribution < 1.29 is 114 Å². The van der Waals surface area contributed by atoms with Gasteiger partial charge in [0, 0.05) is 0 Å². The second-order valence-corrected chi connectivity index (χ2v) is 5.21. The molecule has 0 atom stereocenters. The van der Waals surface area contributed by atoms with E-state index in [-0.39, 0.29) is 68.9 Å². The average molecular weight is 374 g/mol. The van der Waals surface area contributed by atoms with Crippen LogP contribution in [0.2, 0.25) is 0 Å². The van der Waals surface area contributed by atoms with Crippen molar-refractivity contribution in [1.29, 1.82) is 0 Å². The summed E-state index contributed by atoms with van der Waals surface area (Å²) in [6, 6.07) is 0. The molecule has 0 unspecified atom stereocenters. The maximum Gasteiger partial charge on any atom is 1.00 e. The summed E-state index contributed by atoms with van der Waals surface area (Å²) in [5, 5.41) is 0. The van der Waals surface area contributed by atoms with Gasteiger partial charge in [-0.3, -0.25) is 0 Å². The SMILES string of the molecule is O=P(O)(O)[O][Mo](=[O])(=[O])[O-].[Cs+]. The minimum atomic E-state index is -6.28. The van der Waals surface area contributed by atoms with E-state index in [1.165, 1.54) is 0 Å². The molecule has 0 aromatic heterocycles. The average Bonchev–Trinajstić information content (AvgIpc) is 1.14. The van der Waals surface area contributed by atoms with E-state index in [9.17, 15) is 15.1 Å². The quantitative estimate of drug-likeness (QED) is 0.367. The predicted octanol–water partition coefficient (Wildman–Crippen LogP) is -4.87. The van der Waals surface area contributed by atoms with Crippen LogP contribution in [0.5, 0.6) is 0 Å². The molecule has 0 aliphatic carbocycles. The van der Waals surface area contributed by atoms with E-state index in [1.807, 2.05) is 0 Å². The molecule has 0 aromatic rings. The molecule has 0 fully saturated rings. The van der Waals surface area contributed by atoms with Crippen LogP contribution in [-0.2, 0) is 31.3 Å². The fourth-order valence-electron chi connectivity index (χ4n) is 0.119. The van der Waals surface area contributed by atoms with Gasteiger partial charge in [-0.05, 0) is 0 Å². The first-order valence-corrected chi connectivity index (χ1v) is 6.24. The third-order valence-corrected chi connectivity index (χ3v) is 3.34. The van der Waals surface area contributed by atoms with Gasteiger partial charge in [0.05, 0.1) is 0 Å². The van der Waals surface area contributed by atoms with E-state index >= 15 is 0 Å². The maximum absolute atomic E-state index is 9.57. The summed E-state index contributed by atoms with van der Waals surface area (Å²) in [4.78, 5) is 15.4. The fraction of sp³-hybridized carbons (Fsp3) is 0. The Balaban J connectivity index is 0. The molecule has 0 bridgehead atoms. The molecule has 0 saturated carbocycles. The second-order valence-electron chi connectivity index (χ2n) is 0.973. The van der Waals surface area contributed by atoms with Gasteiger partial charge >= 0.3 is 122 Å². The first kappa shape index (κ1) is 14.9. The summed E-state index contributed by atoms with van der Waals surface area (Å²) < 4.78 is 40.8. The van der Waals surface area contributed by atoms with E-state index in [0.29, 0.717) is 0 Å². The van der Waals surface area contributed by atoms with Gasteiger partial charge in [-0.15, -0.1) is 0 Å². The summed E-state index contributed by atoms with van der Waals surface area (Å²) >= 11 is -6.28. The van der Waals surface area contributed by atoms with E-state index < -0.39 is 24.6 Å². The number of hydrogen-bond donors (Lipinski definition) is 2. The van der Waals surface area contributed by atoms with Gasteiger partial charge in [-0.25, -0.2) is 0 Å². The number of rotatable bonds is 2. The van der Waals surface area contributed by atoms with Crippen molar-refractivity contribution in [2.45, 2.75) is 0 Å². The van der Waals surface area contributed by atoms with E-state index in [1.54, 1.807) is 0 Å². The van der Waals surface area contributed by atoms with Gasteiger partial charge in [0.2, 0.25) is 0 Å². The van der Waals surface area contributed by atoms with Crippen molar-refractivity contribution in [3.05, 3.63) is 0 Å². The van der Waals surface area contributed by atoms with Crippen LogP contribution in [0.1, 0.15) is 0 Å². The number of hydrogen-bond acceptors (Lipinski definition) is 5. The molecule has 7 nitrogen and oxygen atoms in total. The van der Waals surface area contributed by atoms with Crippen LogP contribution in [0.4, 0.5) is 0 Å². The van der Waals surface area contributed by atoms with Crippen LogP contribution in [0.25, 0.3) is 0 Å². The standard InChI is InChI=1S/Cs.Mo.H3O4P.3O/c;;1-5(2,3)4;;;/h;;(H3,1,2,3,4);;;/q2*+1;;;;-1/p-1. The Morgan fingerprint density at radius 2 is 1.70 bits per heavy atom. The van der Waals surface area contributed by atoms with Crippen molar-refractivity contribution in [3.63, 3.8) is 0 Å². The van der Waals surface area contributed by atoms with Crippen LogP contribution in [0.3, 0.4) is 0 Å². The fourth-order valence-corrected chi connectivity index (χ4v) is 2.11. The topological polar surface area (TPSA) is 124 Å². The Morgan fingerprint density at radius 1 is 1.40 bits per heavy atom. The summed E-state index contributed by atoms with van der Waals surface area (Å²) in [6.07, 6.45) is 0. The Kier molecular flexibility index (Phi) is 7.76. The molecule has 0 aromatic carbocycles. The molecule has 0 spiro atoms. The van der Waals surface area contributed by atoms with Gasteiger partial charge in [0.15, 0.2) is 0 Å². The molecule has 0 amide bonds. The van der Waals surface area contributed by atoms with Crippen LogP contribution < -0.4 is 72.7 Å². The zero-order chi connectivity index (χ0) is 7.71. The second kappa shape index (κ2) is 5.21. The van der Waals surface area contributed by atoms with E-state index in [0.717, 1.165) is 0 Å². The molecule has 0 aliphatic heterocycles. The van der Waals surface area contributed by atoms with Crippen molar-refractivity contribution in [1.82, 2.24) is 0 Å². The van der Waals surface area contributed by atoms with E-state index in [2.05, 4.69) is 3.18 Å². The first-order valence-electron chi connectivity index (χ1n) is 1.43. The molecule has 0 aliphatic rings. The molecular formula is H2CsMoO7P. The minimum Gasteiger partial charge on any atom is 1.00 e. The summed E-state index contributed by atoms with van der Waals surface area (Å²) in [5.41, 5.74) is 0. The van der Waals surface area contributed by atoms with Gasteiger partial charge in [0.1, 0.15) is 0 Å². The van der Waals surface area contributed by atoms with Crippen molar-refractivity contribution in [2.75, 3.05) is 0 Å². The minimum absolute atomic E-state index is 0. The normalized spacial score (nSPS) is 12.3. The molecular weight excluding hydrogens is 372 g/mol. The molecule has 56 valence electrons. The molecule has 0 saturated heterocycles. The monoisotopic (exact) mass is 376 g/mol. The molecule has 10 heteroatoms. The predicted molar refractivity (Wildman–Crippen MR) is 14.5 cm³/mol. The molecule has 0 heterocycles. The summed E-state index contributed by atoms with van der Waals surface area (Å²) in [5.74, 6) is 0. The van der Waals surface area contributed by atoms with Crippen LogP contribution in [-0.4, -0.2) is 9.79 Å². The van der Waals surface area contributed by atoms with Crippen LogP contribution >= 0.6 is 7.82 Å². The maximum atomic E-state index is 9.57. The van der Waals surface area contributed by atoms with Crippen molar-refractivity contribution in [2.24, 2.45) is 0 Å². The number of phosphoric acid groups is 1. The summed E-state index contributed by atoms with van der Waals surface area (Å²) in [6.45, 7) is 0. The Bertz CT molecular complexity index is 220. The molecule has 2 N–H and O–H groups in total. The third kappa shape index (κ3) is 13.0. The molecule has 10 heavy (non-hydrogen) atoms.